The molecule has 1 aliphatic rings. The Hall–Kier alpha value is -2.95. The smallest absolute Gasteiger partial charge is 0.257 e. The second-order valence-corrected chi connectivity index (χ2v) is 7.22. The van der Waals surface area contributed by atoms with Gasteiger partial charge in [0.1, 0.15) is 0 Å². The average Bonchev–Trinajstić information content (AvgIpc) is 2.93. The highest BCUT2D eigenvalue weighted by molar-refractivity contribution is 5.96. The summed E-state index contributed by atoms with van der Waals surface area (Å²) < 4.78 is 26.7. The Morgan fingerprint density at radius 3 is 2.65 bits per heavy atom. The monoisotopic (exact) mass is 352 g/mol. The van der Waals surface area contributed by atoms with E-state index < -0.39 is 11.6 Å². The first-order valence-electron chi connectivity index (χ1n) is 8.42. The van der Waals surface area contributed by atoms with E-state index in [0.29, 0.717) is 6.54 Å². The molecule has 0 atom stereocenters. The zero-order valence-corrected chi connectivity index (χ0v) is 14.5. The highest BCUT2D eigenvalue weighted by atomic mass is 19.2. The van der Waals surface area contributed by atoms with Crippen LogP contribution in [0.5, 0.6) is 0 Å². The van der Waals surface area contributed by atoms with Crippen LogP contribution in [0.1, 0.15) is 35.5 Å². The molecule has 0 bridgehead atoms. The van der Waals surface area contributed by atoms with Crippen molar-refractivity contribution in [3.8, 4) is 0 Å². The number of aromatic amines is 1. The van der Waals surface area contributed by atoms with Gasteiger partial charge in [0, 0.05) is 40.3 Å². The number of para-hydroxylation sites is 1. The lowest BCUT2D eigenvalue weighted by Gasteiger charge is -2.29. The number of aromatic nitrogens is 1. The maximum atomic E-state index is 13.5. The van der Waals surface area contributed by atoms with Gasteiger partial charge < -0.3 is 9.88 Å². The van der Waals surface area contributed by atoms with Gasteiger partial charge in [0.15, 0.2) is 11.6 Å². The summed E-state index contributed by atoms with van der Waals surface area (Å²) >= 11 is 0. The van der Waals surface area contributed by atoms with E-state index in [2.05, 4.69) is 24.9 Å². The molecule has 26 heavy (non-hydrogen) atoms. The minimum atomic E-state index is -1.02. The lowest BCUT2D eigenvalue weighted by Crippen LogP contribution is -2.36. The summed E-state index contributed by atoms with van der Waals surface area (Å²) in [7, 11) is 0. The van der Waals surface area contributed by atoms with Gasteiger partial charge in [-0.05, 0) is 35.9 Å². The topological polar surface area (TPSA) is 36.1 Å². The number of nitrogens with one attached hydrogen (secondary N) is 1. The summed E-state index contributed by atoms with van der Waals surface area (Å²) in [4.78, 5) is 17.8. The largest absolute Gasteiger partial charge is 0.355 e. The number of carbonyl (C=O) groups excluding carboxylic acids is 1. The molecule has 0 radical (unpaired) electrons. The number of benzene rings is 2. The van der Waals surface area contributed by atoms with Gasteiger partial charge in [0.05, 0.1) is 0 Å². The number of H-pyrrole nitrogens is 1. The molecule has 0 fully saturated rings. The third kappa shape index (κ3) is 2.60. The molecule has 2 heterocycles. The predicted molar refractivity (Wildman–Crippen MR) is 97.8 cm³/mol. The van der Waals surface area contributed by atoms with Crippen molar-refractivity contribution in [2.45, 2.75) is 19.3 Å². The van der Waals surface area contributed by atoms with Crippen LogP contribution in [0.15, 0.2) is 48.7 Å². The van der Waals surface area contributed by atoms with Crippen molar-refractivity contribution in [1.82, 2.24) is 9.88 Å². The van der Waals surface area contributed by atoms with Crippen LogP contribution in [-0.4, -0.2) is 22.3 Å². The van der Waals surface area contributed by atoms with Crippen LogP contribution < -0.4 is 0 Å². The Labute approximate surface area is 149 Å². The van der Waals surface area contributed by atoms with Crippen LogP contribution in [0.2, 0.25) is 0 Å². The van der Waals surface area contributed by atoms with Gasteiger partial charge in [-0.3, -0.25) is 4.79 Å². The Morgan fingerprint density at radius 2 is 1.88 bits per heavy atom. The van der Waals surface area contributed by atoms with E-state index >= 15 is 0 Å². The average molecular weight is 352 g/mol. The maximum absolute atomic E-state index is 13.5. The van der Waals surface area contributed by atoms with E-state index in [9.17, 15) is 13.6 Å². The molecule has 1 amide bonds. The number of hydrogen-bond donors (Lipinski definition) is 1. The molecule has 0 unspecified atom stereocenters. The van der Waals surface area contributed by atoms with Crippen molar-refractivity contribution >= 4 is 22.9 Å². The van der Waals surface area contributed by atoms with Gasteiger partial charge in [-0.25, -0.2) is 8.78 Å². The highest BCUT2D eigenvalue weighted by Crippen LogP contribution is 2.37. The van der Waals surface area contributed by atoms with E-state index in [0.717, 1.165) is 34.3 Å². The second-order valence-electron chi connectivity index (χ2n) is 7.22. The number of fused-ring (bicyclic) bond motifs is 3. The minimum Gasteiger partial charge on any atom is -0.355 e. The number of carbonyl (C=O) groups is 1. The van der Waals surface area contributed by atoms with E-state index in [1.807, 2.05) is 24.3 Å². The number of halogens is 2. The highest BCUT2D eigenvalue weighted by Gasteiger charge is 2.33. The Kier molecular flexibility index (Phi) is 3.68. The third-order valence-electron chi connectivity index (χ3n) is 4.83. The van der Waals surface area contributed by atoms with Crippen LogP contribution >= 0.6 is 0 Å². The Morgan fingerprint density at radius 1 is 1.12 bits per heavy atom. The zero-order chi connectivity index (χ0) is 18.5. The standard InChI is InChI=1S/C21H18F2N2O/c1-21(2)12-25(20(26)13-7-8-15(22)16(23)11-13)10-9-18-19(21)14-5-3-4-6-17(14)24-18/h3-11,24H,12H2,1-2H3. The molecule has 2 aromatic carbocycles. The third-order valence-corrected chi connectivity index (χ3v) is 4.83. The SMILES string of the molecule is CC1(C)CN(C(=O)c2ccc(F)c(F)c2)C=Cc2[nH]c3ccccc3c21. The first-order valence-corrected chi connectivity index (χ1v) is 8.42. The summed E-state index contributed by atoms with van der Waals surface area (Å²) in [6, 6.07) is 11.3. The van der Waals surface area contributed by atoms with Crippen molar-refractivity contribution in [1.29, 1.82) is 0 Å². The molecule has 0 spiro atoms. The van der Waals surface area contributed by atoms with E-state index in [1.165, 1.54) is 6.07 Å². The number of rotatable bonds is 1. The molecule has 1 N–H and O–H groups in total. The minimum absolute atomic E-state index is 0.125. The number of nitrogens with zero attached hydrogens (tertiary/aromatic N) is 1. The normalized spacial score (nSPS) is 15.8. The van der Waals surface area contributed by atoms with E-state index in [1.54, 1.807) is 11.1 Å². The summed E-state index contributed by atoms with van der Waals surface area (Å²) in [5.41, 5.74) is 2.95. The zero-order valence-electron chi connectivity index (χ0n) is 14.5. The second kappa shape index (κ2) is 5.80. The molecule has 5 heteroatoms. The number of amides is 1. The fraction of sp³-hybridized carbons (Fsp3) is 0.190. The summed E-state index contributed by atoms with van der Waals surface area (Å²) in [6.07, 6.45) is 3.56. The summed E-state index contributed by atoms with van der Waals surface area (Å²) in [5.74, 6) is -2.34. The molecule has 1 aromatic heterocycles. The fourth-order valence-electron chi connectivity index (χ4n) is 3.67. The van der Waals surface area contributed by atoms with Gasteiger partial charge in [0.2, 0.25) is 0 Å². The van der Waals surface area contributed by atoms with Gasteiger partial charge in [0.25, 0.3) is 5.91 Å². The molecule has 3 aromatic rings. The predicted octanol–water partition coefficient (Wildman–Crippen LogP) is 4.85. The van der Waals surface area contributed by atoms with Crippen molar-refractivity contribution in [3.05, 3.63) is 77.1 Å². The first kappa shape index (κ1) is 16.5. The molecular formula is C21H18F2N2O. The van der Waals surface area contributed by atoms with Crippen LogP contribution in [0.4, 0.5) is 8.78 Å². The first-order chi connectivity index (χ1) is 12.4. The molecule has 1 aliphatic heterocycles. The van der Waals surface area contributed by atoms with E-state index in [4.69, 9.17) is 0 Å². The molecule has 0 saturated heterocycles. The summed E-state index contributed by atoms with van der Waals surface area (Å²) in [6.45, 7) is 4.57. The van der Waals surface area contributed by atoms with Gasteiger partial charge in [-0.15, -0.1) is 0 Å². The quantitative estimate of drug-likeness (QED) is 0.668. The fourth-order valence-corrected chi connectivity index (χ4v) is 3.67. The van der Waals surface area contributed by atoms with Crippen molar-refractivity contribution < 1.29 is 13.6 Å². The van der Waals surface area contributed by atoms with E-state index in [-0.39, 0.29) is 16.9 Å². The van der Waals surface area contributed by atoms with Crippen LogP contribution in [0.3, 0.4) is 0 Å². The van der Waals surface area contributed by atoms with Crippen LogP contribution in [0.25, 0.3) is 17.0 Å². The maximum Gasteiger partial charge on any atom is 0.257 e. The lowest BCUT2D eigenvalue weighted by atomic mass is 9.82. The molecule has 3 nitrogen and oxygen atoms in total. The van der Waals surface area contributed by atoms with Crippen molar-refractivity contribution in [3.63, 3.8) is 0 Å². The number of hydrogen-bond acceptors (Lipinski definition) is 1. The van der Waals surface area contributed by atoms with Gasteiger partial charge in [-0.2, -0.15) is 0 Å². The van der Waals surface area contributed by atoms with Crippen molar-refractivity contribution in [2.24, 2.45) is 0 Å². The molecule has 132 valence electrons. The molecule has 0 saturated carbocycles. The lowest BCUT2D eigenvalue weighted by molar-refractivity contribution is 0.0801. The van der Waals surface area contributed by atoms with Gasteiger partial charge in [-0.1, -0.05) is 32.0 Å². The molecule has 4 rings (SSSR count). The summed E-state index contributed by atoms with van der Waals surface area (Å²) in [5, 5.41) is 1.12. The van der Waals surface area contributed by atoms with Crippen LogP contribution in [-0.2, 0) is 5.41 Å². The van der Waals surface area contributed by atoms with Gasteiger partial charge >= 0.3 is 0 Å². The molecular weight excluding hydrogens is 334 g/mol. The Bertz CT molecular complexity index is 1050. The van der Waals surface area contributed by atoms with Crippen molar-refractivity contribution in [2.75, 3.05) is 6.54 Å². The van der Waals surface area contributed by atoms with Crippen LogP contribution in [0, 0.1) is 11.6 Å². The molecule has 0 aliphatic carbocycles. The Balaban J connectivity index is 1.75.